The number of carbonyl (C=O) groups is 1. The van der Waals surface area contributed by atoms with Crippen molar-refractivity contribution in [3.05, 3.63) is 88.3 Å². The lowest BCUT2D eigenvalue weighted by Crippen LogP contribution is -2.31. The predicted octanol–water partition coefficient (Wildman–Crippen LogP) is 3.69. The first-order valence-corrected chi connectivity index (χ1v) is 10.8. The summed E-state index contributed by atoms with van der Waals surface area (Å²) in [6.07, 6.45) is 2.17. The van der Waals surface area contributed by atoms with Gasteiger partial charge in [-0.2, -0.15) is 0 Å². The van der Waals surface area contributed by atoms with Crippen LogP contribution in [0, 0.1) is 25.5 Å². The van der Waals surface area contributed by atoms with Crippen LogP contribution in [0.1, 0.15) is 40.9 Å². The summed E-state index contributed by atoms with van der Waals surface area (Å²) in [6, 6.07) is 8.87. The van der Waals surface area contributed by atoms with Crippen LogP contribution in [0.5, 0.6) is 0 Å². The first-order valence-electron chi connectivity index (χ1n) is 10.8. The number of hydrogen-bond acceptors (Lipinski definition) is 6. The van der Waals surface area contributed by atoms with E-state index in [0.717, 1.165) is 0 Å². The number of rotatable bonds is 5. The molecule has 0 bridgehead atoms. The Morgan fingerprint density at radius 1 is 1.12 bits per heavy atom. The molecular weight excluding hydrogens is 442 g/mol. The highest BCUT2D eigenvalue weighted by Crippen LogP contribution is 2.36. The third-order valence-corrected chi connectivity index (χ3v) is 5.71. The van der Waals surface area contributed by atoms with Crippen molar-refractivity contribution in [1.29, 1.82) is 0 Å². The van der Waals surface area contributed by atoms with Crippen LogP contribution in [0.2, 0.25) is 0 Å². The van der Waals surface area contributed by atoms with E-state index in [4.69, 9.17) is 4.74 Å². The first-order chi connectivity index (χ1) is 16.2. The number of aliphatic hydroxyl groups excluding tert-OH is 1. The van der Waals surface area contributed by atoms with Crippen LogP contribution in [0.15, 0.2) is 48.6 Å². The Balaban J connectivity index is 1.98. The molecule has 1 aliphatic heterocycles. The topological polar surface area (TPSA) is 90.1 Å². The summed E-state index contributed by atoms with van der Waals surface area (Å²) in [4.78, 5) is 11.8. The predicted molar refractivity (Wildman–Crippen MR) is 121 cm³/mol. The molecule has 0 unspecified atom stereocenters. The van der Waals surface area contributed by atoms with Crippen molar-refractivity contribution in [2.45, 2.75) is 38.9 Å². The normalized spacial score (nSPS) is 18.2. The van der Waals surface area contributed by atoms with Gasteiger partial charge >= 0.3 is 5.97 Å². The number of hydrogen-bond donors (Lipinski definition) is 1. The molecule has 2 aromatic carbocycles. The molecule has 2 atom stereocenters. The smallest absolute Gasteiger partial charge is 0.309 e. The first kappa shape index (κ1) is 23.4. The van der Waals surface area contributed by atoms with Gasteiger partial charge in [0.1, 0.15) is 17.7 Å². The van der Waals surface area contributed by atoms with Crippen molar-refractivity contribution in [3.63, 3.8) is 0 Å². The van der Waals surface area contributed by atoms with Gasteiger partial charge in [0, 0.05) is 24.6 Å². The number of aliphatic hydroxyl groups is 1. The second-order valence-electron chi connectivity index (χ2n) is 8.31. The summed E-state index contributed by atoms with van der Waals surface area (Å²) >= 11 is 0. The lowest BCUT2D eigenvalue weighted by molar-refractivity contribution is -0.156. The van der Waals surface area contributed by atoms with Crippen molar-refractivity contribution >= 4 is 17.1 Å². The van der Waals surface area contributed by atoms with Crippen molar-refractivity contribution in [2.24, 2.45) is 7.05 Å². The molecule has 3 aromatic rings. The minimum absolute atomic E-state index is 0.0466. The van der Waals surface area contributed by atoms with Gasteiger partial charge in [-0.3, -0.25) is 4.79 Å². The minimum atomic E-state index is -0.794. The van der Waals surface area contributed by atoms with Gasteiger partial charge in [-0.1, -0.05) is 18.2 Å². The van der Waals surface area contributed by atoms with Gasteiger partial charge in [-0.15, -0.1) is 5.10 Å². The molecule has 1 aromatic heterocycles. The zero-order chi connectivity index (χ0) is 24.4. The van der Waals surface area contributed by atoms with Crippen LogP contribution in [0.3, 0.4) is 0 Å². The van der Waals surface area contributed by atoms with Crippen molar-refractivity contribution < 1.29 is 23.4 Å². The lowest BCUT2D eigenvalue weighted by atomic mass is 9.87. The van der Waals surface area contributed by atoms with Crippen molar-refractivity contribution in [3.8, 4) is 0 Å². The van der Waals surface area contributed by atoms with Gasteiger partial charge in [0.15, 0.2) is 5.82 Å². The number of cyclic esters (lactones) is 1. The number of benzene rings is 2. The number of halogens is 2. The molecule has 9 heteroatoms. The highest BCUT2D eigenvalue weighted by atomic mass is 19.1. The Bertz CT molecular complexity index is 1250. The summed E-state index contributed by atoms with van der Waals surface area (Å²) in [5.41, 5.74) is 3.97. The molecular formula is C25H24F2N4O3. The van der Waals surface area contributed by atoms with E-state index in [0.29, 0.717) is 39.2 Å². The summed E-state index contributed by atoms with van der Waals surface area (Å²) in [5.74, 6) is -0.835. The van der Waals surface area contributed by atoms with Crippen molar-refractivity contribution in [2.75, 3.05) is 0 Å². The van der Waals surface area contributed by atoms with Crippen LogP contribution in [-0.2, 0) is 16.6 Å². The van der Waals surface area contributed by atoms with Gasteiger partial charge in [0.2, 0.25) is 0 Å². The van der Waals surface area contributed by atoms with Gasteiger partial charge < -0.3 is 9.84 Å². The molecule has 1 fully saturated rings. The SMILES string of the molecule is Cc1cc(F)ccc1C(=C(C=C[C@@H]1C[C@@H](O)CC(=O)O1)c1nnnn1C)c1ccc(F)cc1C. The van der Waals surface area contributed by atoms with Gasteiger partial charge in [0.25, 0.3) is 0 Å². The Hall–Kier alpha value is -3.72. The molecule has 176 valence electrons. The number of allylic oxidation sites excluding steroid dienone is 2. The molecule has 0 aliphatic carbocycles. The van der Waals surface area contributed by atoms with E-state index in [9.17, 15) is 18.7 Å². The van der Waals surface area contributed by atoms with Gasteiger partial charge in [0.05, 0.1) is 12.5 Å². The molecule has 34 heavy (non-hydrogen) atoms. The van der Waals surface area contributed by atoms with E-state index in [2.05, 4.69) is 15.5 Å². The van der Waals surface area contributed by atoms with Crippen LogP contribution < -0.4 is 0 Å². The zero-order valence-corrected chi connectivity index (χ0v) is 19.0. The van der Waals surface area contributed by atoms with E-state index in [-0.39, 0.29) is 24.5 Å². The van der Waals surface area contributed by atoms with Gasteiger partial charge in [-0.25, -0.2) is 13.5 Å². The quantitative estimate of drug-likeness (QED) is 0.456. The summed E-state index contributed by atoms with van der Waals surface area (Å²) in [7, 11) is 1.68. The highest BCUT2D eigenvalue weighted by molar-refractivity contribution is 6.02. The number of tetrazole rings is 1. The van der Waals surface area contributed by atoms with Crippen LogP contribution in [-0.4, -0.2) is 43.5 Å². The summed E-state index contributed by atoms with van der Waals surface area (Å²) in [6.45, 7) is 3.57. The van der Waals surface area contributed by atoms with Gasteiger partial charge in [-0.05, 0) is 76.9 Å². The Morgan fingerprint density at radius 2 is 1.74 bits per heavy atom. The number of ether oxygens (including phenoxy) is 1. The average Bonchev–Trinajstić information content (AvgIpc) is 3.17. The zero-order valence-electron chi connectivity index (χ0n) is 19.0. The molecule has 4 rings (SSSR count). The molecule has 0 spiro atoms. The number of aromatic nitrogens is 4. The molecule has 1 saturated heterocycles. The number of nitrogens with zero attached hydrogens (tertiary/aromatic N) is 4. The monoisotopic (exact) mass is 466 g/mol. The lowest BCUT2D eigenvalue weighted by Gasteiger charge is -2.24. The molecule has 0 amide bonds. The van der Waals surface area contributed by atoms with Crippen LogP contribution in [0.25, 0.3) is 11.1 Å². The van der Waals surface area contributed by atoms with E-state index in [1.54, 1.807) is 45.2 Å². The molecule has 1 aliphatic rings. The third-order valence-electron chi connectivity index (χ3n) is 5.71. The maximum absolute atomic E-state index is 14.0. The maximum atomic E-state index is 14.0. The van der Waals surface area contributed by atoms with E-state index >= 15 is 0 Å². The van der Waals surface area contributed by atoms with E-state index < -0.39 is 18.2 Å². The largest absolute Gasteiger partial charge is 0.458 e. The highest BCUT2D eigenvalue weighted by Gasteiger charge is 2.26. The minimum Gasteiger partial charge on any atom is -0.458 e. The molecule has 1 N–H and O–H groups in total. The summed E-state index contributed by atoms with van der Waals surface area (Å²) < 4.78 is 34.8. The fourth-order valence-corrected chi connectivity index (χ4v) is 4.11. The molecule has 0 radical (unpaired) electrons. The standard InChI is InChI=1S/C25H24F2N4O3/c1-14-10-16(26)4-7-20(14)24(21-8-5-17(27)11-15(21)2)22(25-28-29-30-31(25)3)9-6-19-12-18(32)13-23(33)34-19/h4-11,18-19,32H,12-13H2,1-3H3/t18-,19-/m1/s1. The van der Waals surface area contributed by atoms with Crippen LogP contribution >= 0.6 is 0 Å². The number of aryl methyl sites for hydroxylation is 3. The Kier molecular flexibility index (Phi) is 6.65. The van der Waals surface area contributed by atoms with Crippen LogP contribution in [0.4, 0.5) is 8.78 Å². The maximum Gasteiger partial charge on any atom is 0.309 e. The fourth-order valence-electron chi connectivity index (χ4n) is 4.11. The molecule has 2 heterocycles. The molecule has 0 saturated carbocycles. The number of carbonyl (C=O) groups excluding carboxylic acids is 1. The van der Waals surface area contributed by atoms with E-state index in [1.165, 1.54) is 28.9 Å². The molecule has 7 nitrogen and oxygen atoms in total. The fraction of sp³-hybridized carbons (Fsp3) is 0.280. The second-order valence-corrected chi connectivity index (χ2v) is 8.31. The Labute approximate surface area is 195 Å². The third kappa shape index (κ3) is 4.94. The average molecular weight is 466 g/mol. The Morgan fingerprint density at radius 3 is 2.24 bits per heavy atom. The second kappa shape index (κ2) is 9.64. The van der Waals surface area contributed by atoms with Crippen molar-refractivity contribution in [1.82, 2.24) is 20.2 Å². The number of esters is 1. The summed E-state index contributed by atoms with van der Waals surface area (Å²) in [5, 5.41) is 21.8. The van der Waals surface area contributed by atoms with E-state index in [1.807, 2.05) is 0 Å².